The lowest BCUT2D eigenvalue weighted by Crippen LogP contribution is -1.80. The van der Waals surface area contributed by atoms with E-state index in [2.05, 4.69) is 39.5 Å². The molecule has 2 rings (SSSR count). The zero-order valence-corrected chi connectivity index (χ0v) is 10.5. The first-order valence-corrected chi connectivity index (χ1v) is 6.57. The molecule has 0 radical (unpaired) electrons. The van der Waals surface area contributed by atoms with Gasteiger partial charge in [-0.25, -0.2) is 0 Å². The molecule has 0 fully saturated rings. The molecule has 1 heterocycles. The Kier molecular flexibility index (Phi) is 3.26. The third kappa shape index (κ3) is 2.02. The van der Waals surface area contributed by atoms with Crippen LogP contribution in [0.2, 0.25) is 5.02 Å². The number of thiophene rings is 1. The lowest BCUT2D eigenvalue weighted by molar-refractivity contribution is 1.44. The Labute approximate surface area is 101 Å². The molecule has 0 N–H and O–H groups in total. The van der Waals surface area contributed by atoms with Gasteiger partial charge in [0, 0.05) is 15.2 Å². The van der Waals surface area contributed by atoms with E-state index in [1.165, 1.54) is 10.4 Å². The molecular weight excluding hydrogens is 280 g/mol. The van der Waals surface area contributed by atoms with Gasteiger partial charge in [0.15, 0.2) is 0 Å². The Morgan fingerprint density at radius 1 is 1.29 bits per heavy atom. The number of hydrogen-bond acceptors (Lipinski definition) is 1. The highest BCUT2D eigenvalue weighted by atomic mass is 79.9. The summed E-state index contributed by atoms with van der Waals surface area (Å²) in [7, 11) is 0. The van der Waals surface area contributed by atoms with E-state index in [9.17, 15) is 0 Å². The minimum absolute atomic E-state index is 0.802. The molecule has 0 amide bonds. The SMILES string of the molecule is Clc1cc(-c2cccs2)ccc1CBr. The average molecular weight is 288 g/mol. The molecule has 0 atom stereocenters. The summed E-state index contributed by atoms with van der Waals surface area (Å²) in [6.07, 6.45) is 0. The zero-order chi connectivity index (χ0) is 9.97. The largest absolute Gasteiger partial charge is 0.144 e. The molecule has 0 aliphatic heterocycles. The van der Waals surface area contributed by atoms with E-state index in [-0.39, 0.29) is 0 Å². The van der Waals surface area contributed by atoms with Crippen LogP contribution in [0.5, 0.6) is 0 Å². The van der Waals surface area contributed by atoms with Crippen molar-refractivity contribution in [3.05, 3.63) is 46.3 Å². The van der Waals surface area contributed by atoms with E-state index < -0.39 is 0 Å². The van der Waals surface area contributed by atoms with Crippen molar-refractivity contribution >= 4 is 38.9 Å². The van der Waals surface area contributed by atoms with Gasteiger partial charge < -0.3 is 0 Å². The highest BCUT2D eigenvalue weighted by molar-refractivity contribution is 9.08. The fourth-order valence-corrected chi connectivity index (χ4v) is 2.87. The highest BCUT2D eigenvalue weighted by Crippen LogP contribution is 2.29. The first-order chi connectivity index (χ1) is 6.81. The van der Waals surface area contributed by atoms with Gasteiger partial charge in [0.25, 0.3) is 0 Å². The van der Waals surface area contributed by atoms with Crippen molar-refractivity contribution < 1.29 is 0 Å². The minimum Gasteiger partial charge on any atom is -0.144 e. The molecule has 0 aliphatic rings. The smallest absolute Gasteiger partial charge is 0.0452 e. The van der Waals surface area contributed by atoms with Gasteiger partial charge >= 0.3 is 0 Å². The molecule has 1 aromatic carbocycles. The van der Waals surface area contributed by atoms with Crippen molar-refractivity contribution in [3.63, 3.8) is 0 Å². The molecule has 0 saturated heterocycles. The van der Waals surface area contributed by atoms with Crippen LogP contribution >= 0.6 is 38.9 Å². The van der Waals surface area contributed by atoms with Crippen LogP contribution < -0.4 is 0 Å². The predicted octanol–water partition coefficient (Wildman–Crippen LogP) is 4.96. The van der Waals surface area contributed by atoms with Crippen LogP contribution in [0, 0.1) is 0 Å². The summed E-state index contributed by atoms with van der Waals surface area (Å²) in [4.78, 5) is 1.26. The molecule has 0 aliphatic carbocycles. The molecule has 0 nitrogen and oxygen atoms in total. The maximum absolute atomic E-state index is 6.12. The van der Waals surface area contributed by atoms with Crippen LogP contribution in [-0.2, 0) is 5.33 Å². The molecule has 72 valence electrons. The van der Waals surface area contributed by atoms with Crippen molar-refractivity contribution in [2.45, 2.75) is 5.33 Å². The monoisotopic (exact) mass is 286 g/mol. The molecule has 0 spiro atoms. The minimum atomic E-state index is 0.802. The molecule has 2 aromatic rings. The van der Waals surface area contributed by atoms with E-state index >= 15 is 0 Å². The second-order valence-electron chi connectivity index (χ2n) is 2.92. The van der Waals surface area contributed by atoms with Gasteiger partial charge in [-0.05, 0) is 28.6 Å². The van der Waals surface area contributed by atoms with Crippen LogP contribution in [0.25, 0.3) is 10.4 Å². The average Bonchev–Trinajstić information content (AvgIpc) is 2.70. The standard InChI is InChI=1S/C11H8BrClS/c12-7-9-4-3-8(6-10(9)13)11-2-1-5-14-11/h1-6H,7H2. The fraction of sp³-hybridized carbons (Fsp3) is 0.0909. The second kappa shape index (κ2) is 4.47. The first kappa shape index (κ1) is 10.2. The quantitative estimate of drug-likeness (QED) is 0.685. The van der Waals surface area contributed by atoms with Crippen LogP contribution in [0.4, 0.5) is 0 Å². The first-order valence-electron chi connectivity index (χ1n) is 4.19. The van der Waals surface area contributed by atoms with Crippen LogP contribution in [0.15, 0.2) is 35.7 Å². The normalized spacial score (nSPS) is 10.4. The molecular formula is C11H8BrClS. The molecule has 0 saturated carbocycles. The Hall–Kier alpha value is -0.310. The van der Waals surface area contributed by atoms with Crippen LogP contribution in [-0.4, -0.2) is 0 Å². The summed E-state index contributed by atoms with van der Waals surface area (Å²) in [6.45, 7) is 0. The number of rotatable bonds is 2. The lowest BCUT2D eigenvalue weighted by Gasteiger charge is -2.02. The lowest BCUT2D eigenvalue weighted by atomic mass is 10.1. The maximum Gasteiger partial charge on any atom is 0.0452 e. The van der Waals surface area contributed by atoms with E-state index in [1.54, 1.807) is 11.3 Å². The Morgan fingerprint density at radius 3 is 2.71 bits per heavy atom. The van der Waals surface area contributed by atoms with Crippen LogP contribution in [0.3, 0.4) is 0 Å². The predicted molar refractivity (Wildman–Crippen MR) is 67.4 cm³/mol. The van der Waals surface area contributed by atoms with E-state index in [0.717, 1.165) is 15.9 Å². The molecule has 14 heavy (non-hydrogen) atoms. The van der Waals surface area contributed by atoms with Gasteiger partial charge in [-0.2, -0.15) is 0 Å². The van der Waals surface area contributed by atoms with Crippen LogP contribution in [0.1, 0.15) is 5.56 Å². The molecule has 0 unspecified atom stereocenters. The molecule has 0 bridgehead atoms. The van der Waals surface area contributed by atoms with Gasteiger partial charge in [0.2, 0.25) is 0 Å². The third-order valence-corrected chi connectivity index (χ3v) is 3.88. The summed E-state index contributed by atoms with van der Waals surface area (Å²) in [5.41, 5.74) is 2.32. The van der Waals surface area contributed by atoms with E-state index in [4.69, 9.17) is 11.6 Å². The van der Waals surface area contributed by atoms with Gasteiger partial charge in [-0.3, -0.25) is 0 Å². The summed E-state index contributed by atoms with van der Waals surface area (Å²) < 4.78 is 0. The second-order valence-corrected chi connectivity index (χ2v) is 4.83. The van der Waals surface area contributed by atoms with Gasteiger partial charge in [0.05, 0.1) is 0 Å². The summed E-state index contributed by atoms with van der Waals surface area (Å²) in [5.74, 6) is 0. The van der Waals surface area contributed by atoms with Crippen molar-refractivity contribution in [1.29, 1.82) is 0 Å². The molecule has 1 aromatic heterocycles. The Balaban J connectivity index is 2.43. The van der Waals surface area contributed by atoms with Gasteiger partial charge in [0.1, 0.15) is 0 Å². The van der Waals surface area contributed by atoms with Crippen molar-refractivity contribution in [2.24, 2.45) is 0 Å². The van der Waals surface area contributed by atoms with Crippen molar-refractivity contribution in [3.8, 4) is 10.4 Å². The summed E-state index contributed by atoms with van der Waals surface area (Å²) in [5, 5.41) is 3.70. The molecule has 3 heteroatoms. The van der Waals surface area contributed by atoms with Gasteiger partial charge in [-0.15, -0.1) is 11.3 Å². The number of halogens is 2. The topological polar surface area (TPSA) is 0 Å². The Bertz CT molecular complexity index is 423. The maximum atomic E-state index is 6.12. The fourth-order valence-electron chi connectivity index (χ4n) is 1.25. The van der Waals surface area contributed by atoms with Gasteiger partial charge in [-0.1, -0.05) is 45.7 Å². The third-order valence-electron chi connectivity index (χ3n) is 2.00. The van der Waals surface area contributed by atoms with Crippen molar-refractivity contribution in [1.82, 2.24) is 0 Å². The van der Waals surface area contributed by atoms with E-state index in [1.807, 2.05) is 12.1 Å². The number of benzene rings is 1. The Morgan fingerprint density at radius 2 is 2.14 bits per heavy atom. The summed E-state index contributed by atoms with van der Waals surface area (Å²) >= 11 is 11.2. The van der Waals surface area contributed by atoms with E-state index in [0.29, 0.717) is 0 Å². The summed E-state index contributed by atoms with van der Waals surface area (Å²) in [6, 6.07) is 10.3. The highest BCUT2D eigenvalue weighted by Gasteiger charge is 2.02. The number of alkyl halides is 1. The van der Waals surface area contributed by atoms with Crippen molar-refractivity contribution in [2.75, 3.05) is 0 Å². The zero-order valence-electron chi connectivity index (χ0n) is 7.34. The number of hydrogen-bond donors (Lipinski definition) is 0.